The molecular formula is C14H11BrN4OS. The standard InChI is InChI=1S/C14H11BrN4OS/c1-8-16-13(19-18-8)9-3-2-4-11(5-9)17-14(20)10-6-12(15)21-7-10/h2-7H,1H3,(H,17,20)(H,16,18,19). The quantitative estimate of drug-likeness (QED) is 0.743. The number of nitrogens with one attached hydrogen (secondary N) is 2. The molecule has 0 spiro atoms. The molecule has 3 aromatic rings. The van der Waals surface area contributed by atoms with Crippen LogP contribution in [-0.4, -0.2) is 21.1 Å². The fraction of sp³-hybridized carbons (Fsp3) is 0.0714. The molecule has 1 aromatic carbocycles. The predicted molar refractivity (Wildman–Crippen MR) is 86.5 cm³/mol. The van der Waals surface area contributed by atoms with Gasteiger partial charge in [0.2, 0.25) is 0 Å². The normalized spacial score (nSPS) is 10.6. The van der Waals surface area contributed by atoms with E-state index in [0.717, 1.165) is 15.2 Å². The summed E-state index contributed by atoms with van der Waals surface area (Å²) in [6.45, 7) is 1.84. The Bertz CT molecular complexity index is 796. The minimum Gasteiger partial charge on any atom is -0.322 e. The first-order valence-corrected chi connectivity index (χ1v) is 7.84. The van der Waals surface area contributed by atoms with Gasteiger partial charge in [-0.15, -0.1) is 11.3 Å². The predicted octanol–water partition coefficient (Wildman–Crippen LogP) is 3.86. The van der Waals surface area contributed by atoms with Gasteiger partial charge in [-0.3, -0.25) is 9.89 Å². The lowest BCUT2D eigenvalue weighted by Gasteiger charge is -2.05. The molecule has 2 aromatic heterocycles. The van der Waals surface area contributed by atoms with Crippen LogP contribution < -0.4 is 5.32 Å². The number of hydrogen-bond acceptors (Lipinski definition) is 4. The summed E-state index contributed by atoms with van der Waals surface area (Å²) in [4.78, 5) is 16.4. The summed E-state index contributed by atoms with van der Waals surface area (Å²) in [6.07, 6.45) is 0. The average molecular weight is 363 g/mol. The zero-order valence-electron chi connectivity index (χ0n) is 11.1. The number of aryl methyl sites for hydroxylation is 1. The van der Waals surface area contributed by atoms with Crippen molar-refractivity contribution in [3.8, 4) is 11.4 Å². The lowest BCUT2D eigenvalue weighted by molar-refractivity contribution is 0.102. The number of hydrogen-bond donors (Lipinski definition) is 2. The number of thiophene rings is 1. The second kappa shape index (κ2) is 5.79. The van der Waals surface area contributed by atoms with E-state index in [0.29, 0.717) is 17.1 Å². The Morgan fingerprint density at radius 3 is 2.90 bits per heavy atom. The lowest BCUT2D eigenvalue weighted by atomic mass is 10.2. The van der Waals surface area contributed by atoms with Crippen molar-refractivity contribution in [3.63, 3.8) is 0 Å². The van der Waals surface area contributed by atoms with Crippen molar-refractivity contribution in [2.45, 2.75) is 6.92 Å². The zero-order chi connectivity index (χ0) is 14.8. The van der Waals surface area contributed by atoms with Gasteiger partial charge in [-0.2, -0.15) is 5.10 Å². The maximum atomic E-state index is 12.1. The van der Waals surface area contributed by atoms with Crippen LogP contribution in [0.15, 0.2) is 39.5 Å². The molecular weight excluding hydrogens is 352 g/mol. The minimum absolute atomic E-state index is 0.139. The Hall–Kier alpha value is -1.99. The first-order valence-electron chi connectivity index (χ1n) is 6.16. The Kier molecular flexibility index (Phi) is 3.85. The number of nitrogens with zero attached hydrogens (tertiary/aromatic N) is 2. The fourth-order valence-electron chi connectivity index (χ4n) is 1.84. The summed E-state index contributed by atoms with van der Waals surface area (Å²) >= 11 is 4.83. The van der Waals surface area contributed by atoms with Gasteiger partial charge in [0.15, 0.2) is 5.82 Å². The summed E-state index contributed by atoms with van der Waals surface area (Å²) in [6, 6.07) is 9.24. The Morgan fingerprint density at radius 2 is 2.24 bits per heavy atom. The third-order valence-corrected chi connectivity index (χ3v) is 4.31. The maximum absolute atomic E-state index is 12.1. The SMILES string of the molecule is Cc1nc(-c2cccc(NC(=O)c3csc(Br)c3)c2)n[nH]1. The molecule has 7 heteroatoms. The summed E-state index contributed by atoms with van der Waals surface area (Å²) < 4.78 is 0.928. The second-order valence-corrected chi connectivity index (χ2v) is 6.71. The third kappa shape index (κ3) is 3.20. The molecule has 106 valence electrons. The molecule has 0 fully saturated rings. The minimum atomic E-state index is -0.139. The van der Waals surface area contributed by atoms with Crippen molar-refractivity contribution in [1.82, 2.24) is 15.2 Å². The van der Waals surface area contributed by atoms with Crippen molar-refractivity contribution in [2.75, 3.05) is 5.32 Å². The van der Waals surface area contributed by atoms with Gasteiger partial charge in [0.1, 0.15) is 5.82 Å². The number of anilines is 1. The van der Waals surface area contributed by atoms with E-state index in [-0.39, 0.29) is 5.91 Å². The third-order valence-electron chi connectivity index (χ3n) is 2.81. The first kappa shape index (κ1) is 14.0. The van der Waals surface area contributed by atoms with E-state index in [4.69, 9.17) is 0 Å². The molecule has 3 rings (SSSR count). The van der Waals surface area contributed by atoms with Gasteiger partial charge in [-0.1, -0.05) is 12.1 Å². The molecule has 0 unspecified atom stereocenters. The van der Waals surface area contributed by atoms with Gasteiger partial charge >= 0.3 is 0 Å². The number of aromatic amines is 1. The van der Waals surface area contributed by atoms with Gasteiger partial charge in [-0.05, 0) is 41.1 Å². The number of H-pyrrole nitrogens is 1. The first-order chi connectivity index (χ1) is 10.1. The Labute approximate surface area is 133 Å². The van der Waals surface area contributed by atoms with Crippen molar-refractivity contribution in [3.05, 3.63) is 50.9 Å². The van der Waals surface area contributed by atoms with Crippen molar-refractivity contribution >= 4 is 38.9 Å². The van der Waals surface area contributed by atoms with Crippen LogP contribution in [0.1, 0.15) is 16.2 Å². The van der Waals surface area contributed by atoms with Gasteiger partial charge in [-0.25, -0.2) is 4.98 Å². The smallest absolute Gasteiger partial charge is 0.256 e. The molecule has 0 radical (unpaired) electrons. The number of amides is 1. The average Bonchev–Trinajstić information content (AvgIpc) is 3.08. The van der Waals surface area contributed by atoms with E-state index in [1.165, 1.54) is 11.3 Å². The Balaban J connectivity index is 1.82. The highest BCUT2D eigenvalue weighted by atomic mass is 79.9. The van der Waals surface area contributed by atoms with E-state index >= 15 is 0 Å². The number of rotatable bonds is 3. The summed E-state index contributed by atoms with van der Waals surface area (Å²) in [7, 11) is 0. The molecule has 0 saturated heterocycles. The zero-order valence-corrected chi connectivity index (χ0v) is 13.5. The Morgan fingerprint density at radius 1 is 1.38 bits per heavy atom. The van der Waals surface area contributed by atoms with Crippen LogP contribution in [0, 0.1) is 6.92 Å². The van der Waals surface area contributed by atoms with E-state index in [2.05, 4.69) is 36.4 Å². The molecule has 2 heterocycles. The molecule has 0 aliphatic carbocycles. The van der Waals surface area contributed by atoms with E-state index in [1.54, 1.807) is 6.07 Å². The van der Waals surface area contributed by atoms with Crippen molar-refractivity contribution < 1.29 is 4.79 Å². The van der Waals surface area contributed by atoms with Crippen molar-refractivity contribution in [1.29, 1.82) is 0 Å². The highest BCUT2D eigenvalue weighted by Crippen LogP contribution is 2.23. The number of halogens is 1. The van der Waals surface area contributed by atoms with E-state index in [1.807, 2.05) is 36.6 Å². The van der Waals surface area contributed by atoms with E-state index < -0.39 is 0 Å². The van der Waals surface area contributed by atoms with Gasteiger partial charge < -0.3 is 5.32 Å². The molecule has 1 amide bonds. The molecule has 0 saturated carbocycles. The summed E-state index contributed by atoms with van der Waals surface area (Å²) in [5, 5.41) is 11.6. The number of carbonyl (C=O) groups excluding carboxylic acids is 1. The molecule has 0 aliphatic heterocycles. The molecule has 21 heavy (non-hydrogen) atoms. The van der Waals surface area contributed by atoms with Gasteiger partial charge in [0.05, 0.1) is 9.35 Å². The molecule has 0 aliphatic rings. The van der Waals surface area contributed by atoms with Crippen LogP contribution in [0.2, 0.25) is 0 Å². The monoisotopic (exact) mass is 362 g/mol. The van der Waals surface area contributed by atoms with Crippen LogP contribution in [0.5, 0.6) is 0 Å². The largest absolute Gasteiger partial charge is 0.322 e. The van der Waals surface area contributed by atoms with E-state index in [9.17, 15) is 4.79 Å². The van der Waals surface area contributed by atoms with Crippen LogP contribution in [0.4, 0.5) is 5.69 Å². The number of aromatic nitrogens is 3. The molecule has 0 atom stereocenters. The summed E-state index contributed by atoms with van der Waals surface area (Å²) in [5.74, 6) is 1.23. The molecule has 2 N–H and O–H groups in total. The number of carbonyl (C=O) groups is 1. The van der Waals surface area contributed by atoms with Crippen LogP contribution in [0.3, 0.4) is 0 Å². The van der Waals surface area contributed by atoms with Crippen LogP contribution in [0.25, 0.3) is 11.4 Å². The highest BCUT2D eigenvalue weighted by Gasteiger charge is 2.10. The van der Waals surface area contributed by atoms with Crippen LogP contribution >= 0.6 is 27.3 Å². The summed E-state index contributed by atoms with van der Waals surface area (Å²) in [5.41, 5.74) is 2.19. The fourth-order valence-corrected chi connectivity index (χ4v) is 2.98. The maximum Gasteiger partial charge on any atom is 0.256 e. The van der Waals surface area contributed by atoms with Gasteiger partial charge in [0, 0.05) is 16.6 Å². The number of benzene rings is 1. The van der Waals surface area contributed by atoms with Gasteiger partial charge in [0.25, 0.3) is 5.91 Å². The van der Waals surface area contributed by atoms with Crippen molar-refractivity contribution in [2.24, 2.45) is 0 Å². The second-order valence-electron chi connectivity index (χ2n) is 4.42. The topological polar surface area (TPSA) is 70.7 Å². The highest BCUT2D eigenvalue weighted by molar-refractivity contribution is 9.11. The molecule has 5 nitrogen and oxygen atoms in total. The lowest BCUT2D eigenvalue weighted by Crippen LogP contribution is -2.10. The molecule has 0 bridgehead atoms. The van der Waals surface area contributed by atoms with Crippen LogP contribution in [-0.2, 0) is 0 Å².